The summed E-state index contributed by atoms with van der Waals surface area (Å²) in [6, 6.07) is 8.80. The van der Waals surface area contributed by atoms with E-state index >= 15 is 0 Å². The molecule has 0 saturated heterocycles. The van der Waals surface area contributed by atoms with Gasteiger partial charge in [0.15, 0.2) is 6.17 Å². The van der Waals surface area contributed by atoms with Gasteiger partial charge in [0, 0.05) is 5.69 Å². The van der Waals surface area contributed by atoms with Gasteiger partial charge in [-0.05, 0) is 55.7 Å². The number of benzene rings is 1. The highest BCUT2D eigenvalue weighted by Gasteiger charge is 2.41. The highest BCUT2D eigenvalue weighted by atomic mass is 15.3. The number of rotatable bonds is 2. The van der Waals surface area contributed by atoms with Crippen LogP contribution in [0.15, 0.2) is 39.2 Å². The molecule has 4 aliphatic rings. The quantitative estimate of drug-likeness (QED) is 0.776. The van der Waals surface area contributed by atoms with Gasteiger partial charge < -0.3 is 16.0 Å². The average molecular weight is 336 g/mol. The fourth-order valence-corrected chi connectivity index (χ4v) is 4.65. The molecular formula is C19H24N6. The van der Waals surface area contributed by atoms with Crippen LogP contribution < -0.4 is 16.0 Å². The Balaban J connectivity index is 1.39. The van der Waals surface area contributed by atoms with Crippen molar-refractivity contribution in [1.29, 1.82) is 0 Å². The fourth-order valence-electron chi connectivity index (χ4n) is 4.65. The maximum Gasteiger partial charge on any atom is 0.203 e. The number of anilines is 1. The molecule has 5 unspecified atom stereocenters. The number of aryl methyl sites for hydroxylation is 1. The van der Waals surface area contributed by atoms with Crippen LogP contribution in [0.5, 0.6) is 0 Å². The molecule has 6 heteroatoms. The summed E-state index contributed by atoms with van der Waals surface area (Å²) in [5.41, 5.74) is 2.25. The number of hydrogen-bond donors (Lipinski definition) is 3. The van der Waals surface area contributed by atoms with Crippen LogP contribution in [0.1, 0.15) is 31.2 Å². The highest BCUT2D eigenvalue weighted by molar-refractivity contribution is 6.10. The van der Waals surface area contributed by atoms with Crippen LogP contribution in [0.3, 0.4) is 0 Å². The van der Waals surface area contributed by atoms with E-state index in [0.29, 0.717) is 6.04 Å². The molecule has 0 amide bonds. The molecule has 2 aliphatic carbocycles. The summed E-state index contributed by atoms with van der Waals surface area (Å²) >= 11 is 0. The summed E-state index contributed by atoms with van der Waals surface area (Å²) in [5.74, 6) is 3.37. The Labute approximate surface area is 147 Å². The number of hydrogen-bond acceptors (Lipinski definition) is 5. The minimum Gasteiger partial charge on any atom is -0.363 e. The third-order valence-corrected chi connectivity index (χ3v) is 5.87. The molecule has 5 atom stereocenters. The maximum absolute atomic E-state index is 5.11. The molecule has 2 bridgehead atoms. The summed E-state index contributed by atoms with van der Waals surface area (Å²) < 4.78 is 0. The first kappa shape index (κ1) is 14.9. The van der Waals surface area contributed by atoms with E-state index < -0.39 is 0 Å². The minimum atomic E-state index is -0.133. The lowest BCUT2D eigenvalue weighted by atomic mass is 9.96. The van der Waals surface area contributed by atoms with E-state index in [4.69, 9.17) is 9.98 Å². The molecular weight excluding hydrogens is 312 g/mol. The Morgan fingerprint density at radius 3 is 3.00 bits per heavy atom. The molecule has 0 aromatic heterocycles. The van der Waals surface area contributed by atoms with Crippen LogP contribution in [0.25, 0.3) is 0 Å². The van der Waals surface area contributed by atoms with E-state index in [-0.39, 0.29) is 12.2 Å². The van der Waals surface area contributed by atoms with Crippen LogP contribution in [0.2, 0.25) is 0 Å². The lowest BCUT2D eigenvalue weighted by molar-refractivity contribution is 0.417. The first-order chi connectivity index (χ1) is 12.2. The van der Waals surface area contributed by atoms with Crippen molar-refractivity contribution in [3.8, 4) is 0 Å². The van der Waals surface area contributed by atoms with Gasteiger partial charge in [-0.3, -0.25) is 4.99 Å². The van der Waals surface area contributed by atoms with Crippen molar-refractivity contribution in [2.45, 2.75) is 50.9 Å². The molecule has 2 saturated carbocycles. The number of fused-ring (bicyclic) bond motifs is 3. The zero-order chi connectivity index (χ0) is 16.8. The van der Waals surface area contributed by atoms with E-state index in [1.54, 1.807) is 6.34 Å². The van der Waals surface area contributed by atoms with Crippen molar-refractivity contribution in [2.75, 3.05) is 5.32 Å². The van der Waals surface area contributed by atoms with Gasteiger partial charge in [-0.2, -0.15) is 0 Å². The first-order valence-electron chi connectivity index (χ1n) is 9.28. The van der Waals surface area contributed by atoms with Gasteiger partial charge in [0.25, 0.3) is 0 Å². The van der Waals surface area contributed by atoms with Crippen LogP contribution in [0, 0.1) is 18.8 Å². The second-order valence-electron chi connectivity index (χ2n) is 7.69. The smallest absolute Gasteiger partial charge is 0.203 e. The topological polar surface area (TPSA) is 73.2 Å². The molecule has 6 nitrogen and oxygen atoms in total. The van der Waals surface area contributed by atoms with Crippen LogP contribution in [-0.2, 0) is 0 Å². The Morgan fingerprint density at radius 2 is 2.20 bits per heavy atom. The largest absolute Gasteiger partial charge is 0.363 e. The van der Waals surface area contributed by atoms with E-state index in [2.05, 4.69) is 40.0 Å². The highest BCUT2D eigenvalue weighted by Crippen LogP contribution is 2.46. The van der Waals surface area contributed by atoms with Crippen LogP contribution in [0.4, 0.5) is 5.69 Å². The summed E-state index contributed by atoms with van der Waals surface area (Å²) in [7, 11) is 0. The standard InChI is InChI=1S/C19H24N6/c1-11-3-2-4-14(7-11)22-19-24-17-16(20-10-21-17)18(25-19)23-15-9-12-5-6-13(15)8-12/h2-4,7,10,12-13,15-17H,5-6,8-9H2,1H3,(H,20,21)(H2,22,23,24,25). The Kier molecular flexibility index (Phi) is 3.50. The monoisotopic (exact) mass is 336 g/mol. The summed E-state index contributed by atoms with van der Waals surface area (Å²) in [4.78, 5) is 14.3. The van der Waals surface area contributed by atoms with Crippen LogP contribution in [-0.4, -0.2) is 36.4 Å². The lowest BCUT2D eigenvalue weighted by Gasteiger charge is -2.28. The van der Waals surface area contributed by atoms with Gasteiger partial charge in [-0.25, -0.2) is 9.98 Å². The molecule has 2 heterocycles. The van der Waals surface area contributed by atoms with Crippen molar-refractivity contribution in [2.24, 2.45) is 26.8 Å². The van der Waals surface area contributed by atoms with Crippen molar-refractivity contribution in [3.63, 3.8) is 0 Å². The Morgan fingerprint density at radius 1 is 1.24 bits per heavy atom. The molecule has 1 aromatic rings. The predicted molar refractivity (Wildman–Crippen MR) is 101 cm³/mol. The molecule has 0 radical (unpaired) electrons. The lowest BCUT2D eigenvalue weighted by Crippen LogP contribution is -2.55. The van der Waals surface area contributed by atoms with Gasteiger partial charge in [0.2, 0.25) is 5.96 Å². The number of nitrogens with one attached hydrogen (secondary N) is 3. The van der Waals surface area contributed by atoms with Gasteiger partial charge >= 0.3 is 0 Å². The van der Waals surface area contributed by atoms with Gasteiger partial charge in [-0.15, -0.1) is 0 Å². The third kappa shape index (κ3) is 2.79. The zero-order valence-corrected chi connectivity index (χ0v) is 14.4. The van der Waals surface area contributed by atoms with E-state index in [0.717, 1.165) is 29.3 Å². The first-order valence-corrected chi connectivity index (χ1v) is 9.28. The molecule has 130 valence electrons. The van der Waals surface area contributed by atoms with Gasteiger partial charge in [0.1, 0.15) is 11.9 Å². The zero-order valence-electron chi connectivity index (χ0n) is 14.4. The van der Waals surface area contributed by atoms with Gasteiger partial charge in [-0.1, -0.05) is 18.6 Å². The number of guanidine groups is 1. The van der Waals surface area contributed by atoms with Crippen molar-refractivity contribution in [1.82, 2.24) is 10.6 Å². The average Bonchev–Trinajstić information content (AvgIpc) is 3.31. The van der Waals surface area contributed by atoms with E-state index in [9.17, 15) is 0 Å². The number of nitrogens with zero attached hydrogens (tertiary/aromatic N) is 3. The number of amidine groups is 1. The molecule has 3 N–H and O–H groups in total. The summed E-state index contributed by atoms with van der Waals surface area (Å²) in [5, 5.41) is 10.1. The maximum atomic E-state index is 5.11. The molecule has 1 aromatic carbocycles. The Hall–Kier alpha value is -2.37. The van der Waals surface area contributed by atoms with Crippen molar-refractivity contribution < 1.29 is 0 Å². The molecule has 0 spiro atoms. The van der Waals surface area contributed by atoms with Crippen molar-refractivity contribution in [3.05, 3.63) is 29.8 Å². The molecule has 5 rings (SSSR count). The van der Waals surface area contributed by atoms with E-state index in [1.165, 1.54) is 31.2 Å². The predicted octanol–water partition coefficient (Wildman–Crippen LogP) is 2.28. The molecule has 2 fully saturated rings. The molecule has 2 aliphatic heterocycles. The summed E-state index contributed by atoms with van der Waals surface area (Å²) in [6.07, 6.45) is 6.97. The summed E-state index contributed by atoms with van der Waals surface area (Å²) in [6.45, 7) is 2.09. The van der Waals surface area contributed by atoms with Gasteiger partial charge in [0.05, 0.1) is 12.4 Å². The fraction of sp³-hybridized carbons (Fsp3) is 0.526. The molecule has 25 heavy (non-hydrogen) atoms. The van der Waals surface area contributed by atoms with E-state index in [1.807, 2.05) is 12.1 Å². The van der Waals surface area contributed by atoms with Crippen molar-refractivity contribution >= 4 is 23.8 Å². The Bertz CT molecular complexity index is 767. The number of aliphatic imine (C=N–C) groups is 3. The normalized spacial score (nSPS) is 36.8. The second-order valence-corrected chi connectivity index (χ2v) is 7.69. The third-order valence-electron chi connectivity index (χ3n) is 5.87. The second kappa shape index (κ2) is 5.86. The minimum absolute atomic E-state index is 0.0437. The SMILES string of the molecule is Cc1cccc(NC2=NC3N=CNC3C(=NC3CC4CCC3C4)N2)c1. The van der Waals surface area contributed by atoms with Crippen LogP contribution >= 0.6 is 0 Å².